The predicted molar refractivity (Wildman–Crippen MR) is 112 cm³/mol. The molecule has 0 saturated carbocycles. The van der Waals surface area contributed by atoms with Crippen molar-refractivity contribution in [2.24, 2.45) is 23.7 Å². The fraction of sp³-hybridized carbons (Fsp3) is 0.542. The Bertz CT molecular complexity index is 520. The Morgan fingerprint density at radius 1 is 0.880 bits per heavy atom. The van der Waals surface area contributed by atoms with Crippen LogP contribution >= 0.6 is 0 Å². The Labute approximate surface area is 156 Å². The van der Waals surface area contributed by atoms with E-state index in [-0.39, 0.29) is 17.8 Å². The maximum Gasteiger partial charge on any atom is 0.138 e. The molecule has 1 rings (SSSR count). The van der Waals surface area contributed by atoms with Crippen molar-refractivity contribution in [2.45, 2.75) is 61.3 Å². The predicted octanol–water partition coefficient (Wildman–Crippen LogP) is 7.06. The van der Waals surface area contributed by atoms with Gasteiger partial charge in [-0.25, -0.2) is 0 Å². The summed E-state index contributed by atoms with van der Waals surface area (Å²) in [7, 11) is 0. The van der Waals surface area contributed by atoms with Crippen molar-refractivity contribution >= 4 is 5.78 Å². The first-order valence-electron chi connectivity index (χ1n) is 9.60. The summed E-state index contributed by atoms with van der Waals surface area (Å²) >= 11 is 0. The Morgan fingerprint density at radius 2 is 1.40 bits per heavy atom. The van der Waals surface area contributed by atoms with Crippen molar-refractivity contribution in [1.29, 1.82) is 0 Å². The van der Waals surface area contributed by atoms with Gasteiger partial charge in [-0.15, -0.1) is 0 Å². The molecule has 1 aromatic rings. The fourth-order valence-electron chi connectivity index (χ4n) is 2.90. The minimum absolute atomic E-state index is 0.0256. The molecule has 0 spiro atoms. The highest BCUT2D eigenvalue weighted by Crippen LogP contribution is 2.34. The lowest BCUT2D eigenvalue weighted by Gasteiger charge is -2.28. The van der Waals surface area contributed by atoms with Crippen LogP contribution < -0.4 is 0 Å². The number of Topliss-reactive ketones (excluding diaryl/α,β-unsaturated/α-hetero) is 1. The molecule has 3 atom stereocenters. The van der Waals surface area contributed by atoms with Crippen LogP contribution in [-0.4, -0.2) is 5.78 Å². The first-order valence-corrected chi connectivity index (χ1v) is 9.60. The molecule has 25 heavy (non-hydrogen) atoms. The van der Waals surface area contributed by atoms with Gasteiger partial charge in [-0.3, -0.25) is 4.79 Å². The topological polar surface area (TPSA) is 17.1 Å². The quantitative estimate of drug-likeness (QED) is 0.485. The van der Waals surface area contributed by atoms with E-state index >= 15 is 0 Å². The van der Waals surface area contributed by atoms with Crippen molar-refractivity contribution in [3.8, 4) is 0 Å². The molecular formula is C24H38O. The van der Waals surface area contributed by atoms with Crippen LogP contribution in [0.3, 0.4) is 0 Å². The first kappa shape index (κ1) is 23.4. The van der Waals surface area contributed by atoms with Crippen LogP contribution in [-0.2, 0) is 4.79 Å². The van der Waals surface area contributed by atoms with Crippen molar-refractivity contribution in [3.63, 3.8) is 0 Å². The summed E-state index contributed by atoms with van der Waals surface area (Å²) in [5.41, 5.74) is 1.25. The monoisotopic (exact) mass is 342 g/mol. The summed E-state index contributed by atoms with van der Waals surface area (Å²) in [6.07, 6.45) is 8.33. The molecule has 140 valence electrons. The van der Waals surface area contributed by atoms with Gasteiger partial charge in [0.05, 0.1) is 0 Å². The largest absolute Gasteiger partial charge is 0.299 e. The first-order chi connectivity index (χ1) is 11.7. The van der Waals surface area contributed by atoms with Crippen molar-refractivity contribution < 1.29 is 4.79 Å². The molecule has 3 unspecified atom stereocenters. The van der Waals surface area contributed by atoms with E-state index in [9.17, 15) is 4.79 Å². The average molecular weight is 343 g/mol. The van der Waals surface area contributed by atoms with Crippen molar-refractivity contribution in [1.82, 2.24) is 0 Å². The molecule has 1 nitrogen and oxygen atoms in total. The number of carbonyl (C=O) groups excluding carboxylic acids is 1. The lowest BCUT2D eigenvalue weighted by molar-refractivity contribution is -0.126. The molecule has 0 aromatic heterocycles. The van der Waals surface area contributed by atoms with Crippen LogP contribution in [0.2, 0.25) is 0 Å². The molecule has 0 N–H and O–H groups in total. The van der Waals surface area contributed by atoms with E-state index in [1.807, 2.05) is 39.0 Å². The molecule has 0 aliphatic carbocycles. The third-order valence-corrected chi connectivity index (χ3v) is 4.03. The molecule has 0 radical (unpaired) electrons. The zero-order valence-corrected chi connectivity index (χ0v) is 17.5. The Morgan fingerprint density at radius 3 is 1.84 bits per heavy atom. The fourth-order valence-corrected chi connectivity index (χ4v) is 2.90. The SMILES string of the molecule is C/C=C\C=C/C(C)C(c1ccccc1)C(C)C(=O)C(C)C.CC(C)C. The second-order valence-corrected chi connectivity index (χ2v) is 7.78. The van der Waals surface area contributed by atoms with Gasteiger partial charge >= 0.3 is 0 Å². The lowest BCUT2D eigenvalue weighted by atomic mass is 9.74. The standard InChI is InChI=1S/C20H28O.C4H10/c1-6-7-9-12-16(4)19(17(5)20(21)15(2)3)18-13-10-8-11-14-18;1-4(2)3/h6-17,19H,1-5H3;4H,1-3H3/b7-6-,12-9-;. The highest BCUT2D eigenvalue weighted by atomic mass is 16.1. The maximum absolute atomic E-state index is 12.5. The van der Waals surface area contributed by atoms with Crippen LogP contribution in [0.5, 0.6) is 0 Å². The zero-order valence-electron chi connectivity index (χ0n) is 17.5. The Hall–Kier alpha value is -1.63. The number of benzene rings is 1. The number of hydrogen-bond donors (Lipinski definition) is 0. The van der Waals surface area contributed by atoms with Crippen molar-refractivity contribution in [3.05, 3.63) is 60.2 Å². The molecular weight excluding hydrogens is 304 g/mol. The molecule has 0 bridgehead atoms. The Kier molecular flexibility index (Phi) is 11.9. The van der Waals surface area contributed by atoms with Gasteiger partial charge < -0.3 is 0 Å². The number of rotatable bonds is 7. The third kappa shape index (κ3) is 9.43. The summed E-state index contributed by atoms with van der Waals surface area (Å²) in [5, 5.41) is 0. The molecule has 0 amide bonds. The van der Waals surface area contributed by atoms with Gasteiger partial charge in [-0.05, 0) is 30.2 Å². The van der Waals surface area contributed by atoms with E-state index in [1.54, 1.807) is 0 Å². The Balaban J connectivity index is 0.00000129. The third-order valence-electron chi connectivity index (χ3n) is 4.03. The van der Waals surface area contributed by atoms with E-state index in [0.29, 0.717) is 11.7 Å². The van der Waals surface area contributed by atoms with Crippen LogP contribution in [0, 0.1) is 23.7 Å². The molecule has 1 aromatic carbocycles. The van der Waals surface area contributed by atoms with Gasteiger partial charge in [-0.2, -0.15) is 0 Å². The number of ketones is 1. The van der Waals surface area contributed by atoms with E-state index in [2.05, 4.69) is 71.0 Å². The molecule has 0 aliphatic heterocycles. The second kappa shape index (κ2) is 12.7. The summed E-state index contributed by atoms with van der Waals surface area (Å²) < 4.78 is 0. The summed E-state index contributed by atoms with van der Waals surface area (Å²) in [4.78, 5) is 12.5. The van der Waals surface area contributed by atoms with Crippen LogP contribution in [0.1, 0.15) is 66.9 Å². The zero-order chi connectivity index (χ0) is 19.4. The van der Waals surface area contributed by atoms with E-state index < -0.39 is 0 Å². The van der Waals surface area contributed by atoms with E-state index in [4.69, 9.17) is 0 Å². The van der Waals surface area contributed by atoms with Gasteiger partial charge in [0.25, 0.3) is 0 Å². The van der Waals surface area contributed by atoms with Gasteiger partial charge in [0.2, 0.25) is 0 Å². The minimum Gasteiger partial charge on any atom is -0.299 e. The van der Waals surface area contributed by atoms with E-state index in [1.165, 1.54) is 5.56 Å². The minimum atomic E-state index is 0.0256. The maximum atomic E-state index is 12.5. The van der Waals surface area contributed by atoms with E-state index in [0.717, 1.165) is 5.92 Å². The van der Waals surface area contributed by atoms with Crippen molar-refractivity contribution in [2.75, 3.05) is 0 Å². The lowest BCUT2D eigenvalue weighted by Crippen LogP contribution is -2.27. The normalized spacial score (nSPS) is 15.3. The number of carbonyl (C=O) groups is 1. The van der Waals surface area contributed by atoms with Crippen LogP contribution in [0.4, 0.5) is 0 Å². The number of hydrogen-bond acceptors (Lipinski definition) is 1. The summed E-state index contributed by atoms with van der Waals surface area (Å²) in [6.45, 7) is 16.7. The summed E-state index contributed by atoms with van der Waals surface area (Å²) in [5.74, 6) is 1.83. The van der Waals surface area contributed by atoms with Gasteiger partial charge in [0.15, 0.2) is 0 Å². The highest BCUT2D eigenvalue weighted by Gasteiger charge is 2.29. The molecule has 0 aliphatic rings. The van der Waals surface area contributed by atoms with Crippen LogP contribution in [0.15, 0.2) is 54.6 Å². The van der Waals surface area contributed by atoms with Gasteiger partial charge in [-0.1, -0.05) is 103 Å². The second-order valence-electron chi connectivity index (χ2n) is 7.78. The molecule has 1 heteroatoms. The number of allylic oxidation sites excluding steroid dienone is 4. The summed E-state index contributed by atoms with van der Waals surface area (Å²) in [6, 6.07) is 10.4. The average Bonchev–Trinajstić information content (AvgIpc) is 2.55. The van der Waals surface area contributed by atoms with Gasteiger partial charge in [0.1, 0.15) is 5.78 Å². The smallest absolute Gasteiger partial charge is 0.138 e. The molecule has 0 saturated heterocycles. The highest BCUT2D eigenvalue weighted by molar-refractivity contribution is 5.83. The molecule has 0 fully saturated rings. The molecule has 0 heterocycles. The van der Waals surface area contributed by atoms with Gasteiger partial charge in [0, 0.05) is 11.8 Å². The van der Waals surface area contributed by atoms with Crippen LogP contribution in [0.25, 0.3) is 0 Å².